The first kappa shape index (κ1) is 23.2. The van der Waals surface area contributed by atoms with Gasteiger partial charge in [0.1, 0.15) is 6.61 Å². The van der Waals surface area contributed by atoms with Gasteiger partial charge in [-0.2, -0.15) is 0 Å². The molecule has 0 saturated heterocycles. The van der Waals surface area contributed by atoms with Gasteiger partial charge in [0.25, 0.3) is 5.91 Å². The van der Waals surface area contributed by atoms with Crippen LogP contribution in [0.3, 0.4) is 0 Å². The summed E-state index contributed by atoms with van der Waals surface area (Å²) in [5.41, 5.74) is 2.30. The van der Waals surface area contributed by atoms with Gasteiger partial charge in [0, 0.05) is 23.9 Å². The van der Waals surface area contributed by atoms with Crippen molar-refractivity contribution in [3.8, 4) is 11.5 Å². The maximum absolute atomic E-state index is 13.1. The molecular weight excluding hydrogens is 430 g/mol. The van der Waals surface area contributed by atoms with E-state index < -0.39 is 12.1 Å². The molecule has 8 heteroatoms. The van der Waals surface area contributed by atoms with Crippen LogP contribution < -0.4 is 25.4 Å². The van der Waals surface area contributed by atoms with Gasteiger partial charge in [0.2, 0.25) is 0 Å². The van der Waals surface area contributed by atoms with Gasteiger partial charge in [-0.25, -0.2) is 4.79 Å². The third kappa shape index (κ3) is 5.42. The minimum absolute atomic E-state index is 0.284. The molecule has 32 heavy (non-hydrogen) atoms. The molecule has 0 aliphatic carbocycles. The summed E-state index contributed by atoms with van der Waals surface area (Å²) >= 11 is 6.56. The molecule has 0 saturated carbocycles. The summed E-state index contributed by atoms with van der Waals surface area (Å²) in [6.45, 7) is 8.22. The Morgan fingerprint density at radius 2 is 1.94 bits per heavy atom. The standard InChI is InChI=1S/C24H26ClN3O4/c1-4-11-32-20-13-18(25)17(12-19(20)31-5-2)22-21(15(3)27-24(30)28-22)23(29)26-14-16-9-7-6-8-10-16/h4,6-10,12-13,22H,1,5,11,14H2,2-3H3,(H,26,29)(H2,27,28,30)/t22-/m1/s1. The van der Waals surface area contributed by atoms with Crippen molar-refractivity contribution >= 4 is 23.5 Å². The van der Waals surface area contributed by atoms with E-state index in [-0.39, 0.29) is 12.5 Å². The van der Waals surface area contributed by atoms with Crippen molar-refractivity contribution < 1.29 is 19.1 Å². The molecule has 1 aliphatic heterocycles. The molecule has 1 heterocycles. The molecule has 2 aromatic carbocycles. The maximum Gasteiger partial charge on any atom is 0.319 e. The van der Waals surface area contributed by atoms with Gasteiger partial charge in [0.15, 0.2) is 11.5 Å². The van der Waals surface area contributed by atoms with Crippen LogP contribution in [-0.2, 0) is 11.3 Å². The lowest BCUT2D eigenvalue weighted by Crippen LogP contribution is -2.47. The molecule has 0 bridgehead atoms. The first-order valence-electron chi connectivity index (χ1n) is 10.2. The van der Waals surface area contributed by atoms with E-state index in [1.165, 1.54) is 0 Å². The number of halogens is 1. The highest BCUT2D eigenvalue weighted by Crippen LogP contribution is 2.39. The number of carbonyl (C=O) groups excluding carboxylic acids is 2. The molecule has 7 nitrogen and oxygen atoms in total. The lowest BCUT2D eigenvalue weighted by atomic mass is 9.94. The van der Waals surface area contributed by atoms with Crippen molar-refractivity contribution in [3.63, 3.8) is 0 Å². The molecule has 0 unspecified atom stereocenters. The number of rotatable bonds is 9. The molecule has 1 atom stereocenters. The highest BCUT2D eigenvalue weighted by molar-refractivity contribution is 6.31. The zero-order valence-electron chi connectivity index (χ0n) is 18.0. The van der Waals surface area contributed by atoms with Crippen LogP contribution in [0.1, 0.15) is 31.0 Å². The van der Waals surface area contributed by atoms with Crippen LogP contribution in [0.4, 0.5) is 4.79 Å². The molecule has 168 valence electrons. The van der Waals surface area contributed by atoms with Crippen molar-refractivity contribution in [1.82, 2.24) is 16.0 Å². The van der Waals surface area contributed by atoms with Crippen LogP contribution in [0.15, 0.2) is 66.4 Å². The largest absolute Gasteiger partial charge is 0.490 e. The Balaban J connectivity index is 1.95. The first-order chi connectivity index (χ1) is 15.4. The summed E-state index contributed by atoms with van der Waals surface area (Å²) in [5.74, 6) is 0.602. The van der Waals surface area contributed by atoms with E-state index >= 15 is 0 Å². The molecular formula is C24H26ClN3O4. The van der Waals surface area contributed by atoms with Crippen LogP contribution >= 0.6 is 11.6 Å². The molecule has 0 aromatic heterocycles. The van der Waals surface area contributed by atoms with Crippen LogP contribution in [0.25, 0.3) is 0 Å². The zero-order chi connectivity index (χ0) is 23.1. The molecule has 2 aromatic rings. The van der Waals surface area contributed by atoms with Crippen molar-refractivity contribution in [2.75, 3.05) is 13.2 Å². The Hall–Kier alpha value is -3.45. The van der Waals surface area contributed by atoms with Crippen molar-refractivity contribution in [2.24, 2.45) is 0 Å². The van der Waals surface area contributed by atoms with Gasteiger partial charge in [-0.15, -0.1) is 0 Å². The maximum atomic E-state index is 13.1. The smallest absolute Gasteiger partial charge is 0.319 e. The minimum Gasteiger partial charge on any atom is -0.490 e. The molecule has 0 radical (unpaired) electrons. The quantitative estimate of drug-likeness (QED) is 0.493. The van der Waals surface area contributed by atoms with E-state index in [0.29, 0.717) is 46.5 Å². The van der Waals surface area contributed by atoms with Crippen LogP contribution in [0.2, 0.25) is 5.02 Å². The SMILES string of the molecule is C=CCOc1cc(Cl)c([C@H]2NC(=O)NC(C)=C2C(=O)NCc2ccccc2)cc1OCC. The fraction of sp³-hybridized carbons (Fsp3) is 0.250. The topological polar surface area (TPSA) is 88.7 Å². The number of hydrogen-bond acceptors (Lipinski definition) is 4. The summed E-state index contributed by atoms with van der Waals surface area (Å²) in [7, 11) is 0. The number of hydrogen-bond donors (Lipinski definition) is 3. The predicted octanol–water partition coefficient (Wildman–Crippen LogP) is 4.25. The van der Waals surface area contributed by atoms with E-state index in [4.69, 9.17) is 21.1 Å². The van der Waals surface area contributed by atoms with E-state index in [1.807, 2.05) is 37.3 Å². The zero-order valence-corrected chi connectivity index (χ0v) is 18.8. The third-order valence-electron chi connectivity index (χ3n) is 4.84. The second-order valence-electron chi connectivity index (χ2n) is 7.09. The summed E-state index contributed by atoms with van der Waals surface area (Å²) in [5, 5.41) is 8.71. The van der Waals surface area contributed by atoms with Gasteiger partial charge in [-0.3, -0.25) is 4.79 Å². The fourth-order valence-corrected chi connectivity index (χ4v) is 3.67. The Bertz CT molecular complexity index is 1040. The number of benzene rings is 2. The number of carbonyl (C=O) groups is 2. The van der Waals surface area contributed by atoms with Crippen molar-refractivity contribution in [1.29, 1.82) is 0 Å². The predicted molar refractivity (Wildman–Crippen MR) is 124 cm³/mol. The molecule has 0 fully saturated rings. The Labute approximate surface area is 192 Å². The fourth-order valence-electron chi connectivity index (χ4n) is 3.40. The highest BCUT2D eigenvalue weighted by atomic mass is 35.5. The number of urea groups is 1. The monoisotopic (exact) mass is 455 g/mol. The second kappa shape index (κ2) is 10.7. The summed E-state index contributed by atoms with van der Waals surface area (Å²) in [6.07, 6.45) is 1.62. The van der Waals surface area contributed by atoms with Crippen LogP contribution in [0.5, 0.6) is 11.5 Å². The number of allylic oxidation sites excluding steroid dienone is 1. The Morgan fingerprint density at radius 3 is 2.62 bits per heavy atom. The van der Waals surface area contributed by atoms with E-state index in [0.717, 1.165) is 5.56 Å². The summed E-state index contributed by atoms with van der Waals surface area (Å²) < 4.78 is 11.4. The molecule has 3 amide bonds. The Morgan fingerprint density at radius 1 is 1.22 bits per heavy atom. The van der Waals surface area contributed by atoms with Gasteiger partial charge >= 0.3 is 6.03 Å². The average Bonchev–Trinajstić information content (AvgIpc) is 2.77. The number of amides is 3. The van der Waals surface area contributed by atoms with Gasteiger partial charge in [0.05, 0.1) is 23.2 Å². The molecule has 3 N–H and O–H groups in total. The van der Waals surface area contributed by atoms with Crippen molar-refractivity contribution in [3.05, 3.63) is 82.5 Å². The first-order valence-corrected chi connectivity index (χ1v) is 10.6. The van der Waals surface area contributed by atoms with Crippen molar-refractivity contribution in [2.45, 2.75) is 26.4 Å². The lowest BCUT2D eigenvalue weighted by Gasteiger charge is -2.29. The molecule has 3 rings (SSSR count). The van der Waals surface area contributed by atoms with E-state index in [2.05, 4.69) is 22.5 Å². The summed E-state index contributed by atoms with van der Waals surface area (Å²) in [4.78, 5) is 25.4. The lowest BCUT2D eigenvalue weighted by molar-refractivity contribution is -0.118. The normalized spacial score (nSPS) is 15.5. The minimum atomic E-state index is -0.764. The highest BCUT2D eigenvalue weighted by Gasteiger charge is 2.33. The van der Waals surface area contributed by atoms with Crippen LogP contribution in [-0.4, -0.2) is 25.2 Å². The third-order valence-corrected chi connectivity index (χ3v) is 5.17. The van der Waals surface area contributed by atoms with Gasteiger partial charge in [-0.1, -0.05) is 54.6 Å². The Kier molecular flexibility index (Phi) is 7.78. The summed E-state index contributed by atoms with van der Waals surface area (Å²) in [6, 6.07) is 11.7. The molecule has 1 aliphatic rings. The van der Waals surface area contributed by atoms with Crippen LogP contribution in [0, 0.1) is 0 Å². The van der Waals surface area contributed by atoms with Gasteiger partial charge < -0.3 is 25.4 Å². The second-order valence-corrected chi connectivity index (χ2v) is 7.50. The van der Waals surface area contributed by atoms with E-state index in [9.17, 15) is 9.59 Å². The van der Waals surface area contributed by atoms with Gasteiger partial charge in [-0.05, 0) is 25.5 Å². The number of ether oxygens (including phenoxy) is 2. The van der Waals surface area contributed by atoms with E-state index in [1.54, 1.807) is 25.1 Å². The average molecular weight is 456 g/mol. The molecule has 0 spiro atoms. The number of nitrogens with one attached hydrogen (secondary N) is 3.